The average Bonchev–Trinajstić information content (AvgIpc) is 2.60. The molecule has 4 heteroatoms. The van der Waals surface area contributed by atoms with Crippen molar-refractivity contribution in [1.82, 2.24) is 5.32 Å². The minimum Gasteiger partial charge on any atom is -0.464 e. The number of rotatable bonds is 7. The molecule has 2 aromatic carbocycles. The molecule has 4 nitrogen and oxygen atoms in total. The highest BCUT2D eigenvalue weighted by Gasteiger charge is 2.22. The average molecular weight is 311 g/mol. The molecule has 0 saturated carbocycles. The van der Waals surface area contributed by atoms with Gasteiger partial charge in [0.25, 0.3) is 5.91 Å². The number of esters is 1. The summed E-state index contributed by atoms with van der Waals surface area (Å²) in [4.78, 5) is 24.4. The van der Waals surface area contributed by atoms with Crippen molar-refractivity contribution < 1.29 is 14.3 Å². The third kappa shape index (κ3) is 5.25. The van der Waals surface area contributed by atoms with E-state index in [1.54, 1.807) is 31.2 Å². The lowest BCUT2D eigenvalue weighted by atomic mass is 10.0. The molecule has 1 amide bonds. The van der Waals surface area contributed by atoms with E-state index in [1.165, 1.54) is 0 Å². The monoisotopic (exact) mass is 311 g/mol. The SMILES string of the molecule is CCOC(=O)[C@@H](CCc1ccccc1)NC(=O)c1ccccc1. The number of carbonyl (C=O) groups is 2. The molecule has 0 aliphatic heterocycles. The predicted molar refractivity (Wildman–Crippen MR) is 89.1 cm³/mol. The van der Waals surface area contributed by atoms with Gasteiger partial charge in [-0.2, -0.15) is 0 Å². The van der Waals surface area contributed by atoms with Crippen molar-refractivity contribution in [3.8, 4) is 0 Å². The fraction of sp³-hybridized carbons (Fsp3) is 0.263. The maximum atomic E-state index is 12.3. The Morgan fingerprint density at radius 3 is 2.22 bits per heavy atom. The molecule has 0 heterocycles. The van der Waals surface area contributed by atoms with Crippen molar-refractivity contribution in [2.75, 3.05) is 6.61 Å². The Morgan fingerprint density at radius 1 is 1.00 bits per heavy atom. The second-order valence-electron chi connectivity index (χ2n) is 5.17. The quantitative estimate of drug-likeness (QED) is 0.800. The van der Waals surface area contributed by atoms with Gasteiger partial charge in [0, 0.05) is 5.56 Å². The molecule has 1 N–H and O–H groups in total. The van der Waals surface area contributed by atoms with Gasteiger partial charge in [-0.05, 0) is 37.5 Å². The summed E-state index contributed by atoms with van der Waals surface area (Å²) in [5.74, 6) is -0.663. The normalized spacial score (nSPS) is 11.5. The summed E-state index contributed by atoms with van der Waals surface area (Å²) in [5.41, 5.74) is 1.65. The third-order valence-corrected chi connectivity index (χ3v) is 3.48. The van der Waals surface area contributed by atoms with Crippen LogP contribution in [0.4, 0.5) is 0 Å². The molecule has 23 heavy (non-hydrogen) atoms. The number of hydrogen-bond acceptors (Lipinski definition) is 3. The molecule has 0 aromatic heterocycles. The van der Waals surface area contributed by atoms with E-state index in [9.17, 15) is 9.59 Å². The summed E-state index contributed by atoms with van der Waals surface area (Å²) in [6, 6.07) is 18.1. The van der Waals surface area contributed by atoms with Crippen LogP contribution in [-0.4, -0.2) is 24.5 Å². The summed E-state index contributed by atoms with van der Waals surface area (Å²) >= 11 is 0. The van der Waals surface area contributed by atoms with E-state index in [0.717, 1.165) is 5.56 Å². The maximum Gasteiger partial charge on any atom is 0.328 e. The zero-order valence-corrected chi connectivity index (χ0v) is 13.2. The fourth-order valence-corrected chi connectivity index (χ4v) is 2.28. The van der Waals surface area contributed by atoms with Crippen molar-refractivity contribution in [3.05, 3.63) is 71.8 Å². The summed E-state index contributed by atoms with van der Waals surface area (Å²) in [7, 11) is 0. The van der Waals surface area contributed by atoms with Crippen LogP contribution in [0.25, 0.3) is 0 Å². The molecule has 0 saturated heterocycles. The molecular formula is C19H21NO3. The highest BCUT2D eigenvalue weighted by molar-refractivity contribution is 5.96. The molecule has 0 fully saturated rings. The molecular weight excluding hydrogens is 290 g/mol. The van der Waals surface area contributed by atoms with Gasteiger partial charge >= 0.3 is 5.97 Å². The topological polar surface area (TPSA) is 55.4 Å². The Hall–Kier alpha value is -2.62. The van der Waals surface area contributed by atoms with E-state index in [0.29, 0.717) is 25.0 Å². The van der Waals surface area contributed by atoms with E-state index in [1.807, 2.05) is 36.4 Å². The van der Waals surface area contributed by atoms with Crippen molar-refractivity contribution in [2.45, 2.75) is 25.8 Å². The summed E-state index contributed by atoms with van der Waals surface area (Å²) in [5, 5.41) is 2.77. The van der Waals surface area contributed by atoms with Crippen LogP contribution in [-0.2, 0) is 16.0 Å². The first-order chi connectivity index (χ1) is 11.2. The minimum atomic E-state index is -0.650. The van der Waals surface area contributed by atoms with E-state index in [4.69, 9.17) is 4.74 Å². The highest BCUT2D eigenvalue weighted by Crippen LogP contribution is 2.08. The van der Waals surface area contributed by atoms with Gasteiger partial charge in [-0.15, -0.1) is 0 Å². The largest absolute Gasteiger partial charge is 0.464 e. The summed E-state index contributed by atoms with van der Waals surface area (Å²) < 4.78 is 5.08. The second-order valence-corrected chi connectivity index (χ2v) is 5.17. The Labute approximate surface area is 136 Å². The van der Waals surface area contributed by atoms with Gasteiger partial charge in [-0.25, -0.2) is 4.79 Å². The van der Waals surface area contributed by atoms with E-state index in [2.05, 4.69) is 5.32 Å². The predicted octanol–water partition coefficient (Wildman–Crippen LogP) is 2.98. The van der Waals surface area contributed by atoms with Crippen LogP contribution in [0.3, 0.4) is 0 Å². The molecule has 120 valence electrons. The molecule has 0 bridgehead atoms. The maximum absolute atomic E-state index is 12.3. The van der Waals surface area contributed by atoms with Gasteiger partial charge in [-0.3, -0.25) is 4.79 Å². The fourth-order valence-electron chi connectivity index (χ4n) is 2.28. The number of nitrogens with one attached hydrogen (secondary N) is 1. The molecule has 0 aliphatic rings. The lowest BCUT2D eigenvalue weighted by Crippen LogP contribution is -2.42. The highest BCUT2D eigenvalue weighted by atomic mass is 16.5. The van der Waals surface area contributed by atoms with Gasteiger partial charge < -0.3 is 10.1 Å². The Bertz CT molecular complexity index is 626. The van der Waals surface area contributed by atoms with Gasteiger partial charge in [0.2, 0.25) is 0 Å². The summed E-state index contributed by atoms with van der Waals surface area (Å²) in [6.07, 6.45) is 1.20. The first-order valence-electron chi connectivity index (χ1n) is 7.77. The van der Waals surface area contributed by atoms with Crippen LogP contribution in [0.15, 0.2) is 60.7 Å². The molecule has 1 atom stereocenters. The first kappa shape index (κ1) is 16.7. The second kappa shape index (κ2) is 8.73. The van der Waals surface area contributed by atoms with Crippen molar-refractivity contribution in [1.29, 1.82) is 0 Å². The zero-order chi connectivity index (χ0) is 16.5. The van der Waals surface area contributed by atoms with Crippen molar-refractivity contribution in [3.63, 3.8) is 0 Å². The van der Waals surface area contributed by atoms with Gasteiger partial charge in [0.15, 0.2) is 0 Å². The van der Waals surface area contributed by atoms with Crippen LogP contribution in [0.1, 0.15) is 29.3 Å². The van der Waals surface area contributed by atoms with Crippen LogP contribution in [0.5, 0.6) is 0 Å². The van der Waals surface area contributed by atoms with Crippen LogP contribution in [0, 0.1) is 0 Å². The Kier molecular flexibility index (Phi) is 6.36. The molecule has 0 radical (unpaired) electrons. The molecule has 2 rings (SSSR count). The molecule has 0 spiro atoms. The number of carbonyl (C=O) groups excluding carboxylic acids is 2. The zero-order valence-electron chi connectivity index (χ0n) is 13.2. The van der Waals surface area contributed by atoms with E-state index < -0.39 is 12.0 Å². The van der Waals surface area contributed by atoms with E-state index >= 15 is 0 Å². The third-order valence-electron chi connectivity index (χ3n) is 3.48. The van der Waals surface area contributed by atoms with Gasteiger partial charge in [0.05, 0.1) is 6.61 Å². The smallest absolute Gasteiger partial charge is 0.328 e. The number of amides is 1. The number of ether oxygens (including phenoxy) is 1. The standard InChI is InChI=1S/C19H21NO3/c1-2-23-19(22)17(14-13-15-9-5-3-6-10-15)20-18(21)16-11-7-4-8-12-16/h3-12,17H,2,13-14H2,1H3,(H,20,21)/t17-/m1/s1. The Morgan fingerprint density at radius 2 is 1.61 bits per heavy atom. The van der Waals surface area contributed by atoms with Crippen LogP contribution < -0.4 is 5.32 Å². The number of benzene rings is 2. The molecule has 0 unspecified atom stereocenters. The minimum absolute atomic E-state index is 0.267. The Balaban J connectivity index is 2.02. The van der Waals surface area contributed by atoms with Crippen molar-refractivity contribution >= 4 is 11.9 Å². The van der Waals surface area contributed by atoms with Crippen LogP contribution in [0.2, 0.25) is 0 Å². The first-order valence-corrected chi connectivity index (χ1v) is 7.77. The van der Waals surface area contributed by atoms with Crippen molar-refractivity contribution in [2.24, 2.45) is 0 Å². The van der Waals surface area contributed by atoms with Gasteiger partial charge in [-0.1, -0.05) is 48.5 Å². The van der Waals surface area contributed by atoms with Gasteiger partial charge in [0.1, 0.15) is 6.04 Å². The number of aryl methyl sites for hydroxylation is 1. The molecule has 2 aromatic rings. The van der Waals surface area contributed by atoms with E-state index in [-0.39, 0.29) is 5.91 Å². The molecule has 0 aliphatic carbocycles. The van der Waals surface area contributed by atoms with Crippen LogP contribution >= 0.6 is 0 Å². The summed E-state index contributed by atoms with van der Waals surface area (Å²) in [6.45, 7) is 2.05. The number of hydrogen-bond donors (Lipinski definition) is 1. The lowest BCUT2D eigenvalue weighted by molar-refractivity contribution is -0.145. The lowest BCUT2D eigenvalue weighted by Gasteiger charge is -2.17.